The van der Waals surface area contributed by atoms with Crippen LogP contribution in [0.5, 0.6) is 5.75 Å². The lowest BCUT2D eigenvalue weighted by Crippen LogP contribution is -2.43. The van der Waals surface area contributed by atoms with Gasteiger partial charge in [0.15, 0.2) is 0 Å². The van der Waals surface area contributed by atoms with E-state index in [1.807, 2.05) is 6.92 Å². The van der Waals surface area contributed by atoms with E-state index in [0.29, 0.717) is 35.0 Å². The first-order valence-electron chi connectivity index (χ1n) is 8.41. The molecule has 3 rings (SSSR count). The molecule has 1 N–H and O–H groups in total. The van der Waals surface area contributed by atoms with Crippen molar-refractivity contribution in [3.63, 3.8) is 0 Å². The maximum atomic E-state index is 12.8. The second-order valence-electron chi connectivity index (χ2n) is 6.29. The third kappa shape index (κ3) is 4.08. The Bertz CT molecular complexity index is 892. The first-order valence-corrected chi connectivity index (χ1v) is 10.7. The second kappa shape index (κ2) is 7.77. The molecule has 0 saturated carbocycles. The number of anilines is 1. The number of aryl methyl sites for hydroxylation is 1. The van der Waals surface area contributed by atoms with Gasteiger partial charge in [-0.1, -0.05) is 6.07 Å². The standard InChI is InChI=1S/C18H22N2O4S2/c1-13-8-9-17(25-13)26(22,23)20-10-4-5-14(12-20)18(21)19-15-6-3-7-16(11-15)24-2/h3,6-9,11,14H,4-5,10,12H2,1-2H3,(H,19,21). The normalized spacial score (nSPS) is 18.5. The van der Waals surface area contributed by atoms with Gasteiger partial charge in [-0.05, 0) is 44.0 Å². The molecule has 2 heterocycles. The van der Waals surface area contributed by atoms with Gasteiger partial charge in [-0.3, -0.25) is 4.79 Å². The van der Waals surface area contributed by atoms with Crippen molar-refractivity contribution in [1.29, 1.82) is 0 Å². The fraction of sp³-hybridized carbons (Fsp3) is 0.389. The van der Waals surface area contributed by atoms with Gasteiger partial charge in [0.2, 0.25) is 5.91 Å². The summed E-state index contributed by atoms with van der Waals surface area (Å²) < 4.78 is 32.5. The number of methoxy groups -OCH3 is 1. The van der Waals surface area contributed by atoms with Gasteiger partial charge in [0, 0.05) is 29.7 Å². The van der Waals surface area contributed by atoms with Gasteiger partial charge >= 0.3 is 0 Å². The molecule has 8 heteroatoms. The zero-order valence-electron chi connectivity index (χ0n) is 14.8. The van der Waals surface area contributed by atoms with Crippen molar-refractivity contribution >= 4 is 33.0 Å². The quantitative estimate of drug-likeness (QED) is 0.845. The number of thiophene rings is 1. The molecular formula is C18H22N2O4S2. The van der Waals surface area contributed by atoms with Gasteiger partial charge in [-0.2, -0.15) is 4.31 Å². The molecule has 1 saturated heterocycles. The molecule has 1 atom stereocenters. The SMILES string of the molecule is COc1cccc(NC(=O)C2CCCN(S(=O)(=O)c3ccc(C)s3)C2)c1. The summed E-state index contributed by atoms with van der Waals surface area (Å²) in [6, 6.07) is 10.6. The average molecular weight is 395 g/mol. The summed E-state index contributed by atoms with van der Waals surface area (Å²) in [4.78, 5) is 13.6. The summed E-state index contributed by atoms with van der Waals surface area (Å²) in [5, 5.41) is 2.86. The Balaban J connectivity index is 1.70. The molecule has 26 heavy (non-hydrogen) atoms. The Kier molecular flexibility index (Phi) is 5.64. The molecule has 1 amide bonds. The lowest BCUT2D eigenvalue weighted by Gasteiger charge is -2.30. The van der Waals surface area contributed by atoms with E-state index in [1.165, 1.54) is 15.6 Å². The number of hydrogen-bond acceptors (Lipinski definition) is 5. The van der Waals surface area contributed by atoms with Crippen LogP contribution in [0.2, 0.25) is 0 Å². The first kappa shape index (κ1) is 18.9. The second-order valence-corrected chi connectivity index (χ2v) is 9.74. The summed E-state index contributed by atoms with van der Waals surface area (Å²) in [6.07, 6.45) is 1.34. The number of nitrogens with one attached hydrogen (secondary N) is 1. The lowest BCUT2D eigenvalue weighted by molar-refractivity contribution is -0.120. The maximum absolute atomic E-state index is 12.8. The molecular weight excluding hydrogens is 372 g/mol. The van der Waals surface area contributed by atoms with Crippen LogP contribution in [0.25, 0.3) is 0 Å². The molecule has 2 aromatic rings. The highest BCUT2D eigenvalue weighted by molar-refractivity contribution is 7.91. The minimum absolute atomic E-state index is 0.166. The molecule has 1 aromatic carbocycles. The zero-order chi connectivity index (χ0) is 18.7. The highest BCUT2D eigenvalue weighted by Crippen LogP contribution is 2.29. The molecule has 0 aliphatic carbocycles. The molecule has 1 aliphatic heterocycles. The number of nitrogens with zero attached hydrogens (tertiary/aromatic N) is 1. The molecule has 140 valence electrons. The van der Waals surface area contributed by atoms with Crippen LogP contribution >= 0.6 is 11.3 Å². The summed E-state index contributed by atoms with van der Waals surface area (Å²) in [5.74, 6) is 0.120. The molecule has 0 radical (unpaired) electrons. The maximum Gasteiger partial charge on any atom is 0.252 e. The summed E-state index contributed by atoms with van der Waals surface area (Å²) in [5.41, 5.74) is 0.642. The number of rotatable bonds is 5. The molecule has 0 spiro atoms. The fourth-order valence-electron chi connectivity index (χ4n) is 3.00. The Hall–Kier alpha value is -1.90. The van der Waals surface area contributed by atoms with Crippen LogP contribution in [0.1, 0.15) is 17.7 Å². The van der Waals surface area contributed by atoms with E-state index < -0.39 is 10.0 Å². The Morgan fingerprint density at radius 3 is 2.81 bits per heavy atom. The van der Waals surface area contributed by atoms with Gasteiger partial charge in [-0.25, -0.2) is 8.42 Å². The van der Waals surface area contributed by atoms with Crippen LogP contribution in [0, 0.1) is 12.8 Å². The lowest BCUT2D eigenvalue weighted by atomic mass is 9.98. The number of carbonyl (C=O) groups is 1. The minimum Gasteiger partial charge on any atom is -0.497 e. The Morgan fingerprint density at radius 1 is 1.31 bits per heavy atom. The van der Waals surface area contributed by atoms with Crippen LogP contribution in [0.4, 0.5) is 5.69 Å². The molecule has 1 aliphatic rings. The van der Waals surface area contributed by atoms with E-state index in [-0.39, 0.29) is 18.4 Å². The molecule has 6 nitrogen and oxygen atoms in total. The summed E-state index contributed by atoms with van der Waals surface area (Å²) in [7, 11) is -1.97. The van der Waals surface area contributed by atoms with E-state index >= 15 is 0 Å². The van der Waals surface area contributed by atoms with Crippen molar-refractivity contribution in [2.75, 3.05) is 25.5 Å². The fourth-order valence-corrected chi connectivity index (χ4v) is 5.96. The molecule has 0 bridgehead atoms. The van der Waals surface area contributed by atoms with Crippen LogP contribution < -0.4 is 10.1 Å². The monoisotopic (exact) mass is 394 g/mol. The van der Waals surface area contributed by atoms with Crippen LogP contribution in [-0.2, 0) is 14.8 Å². The van der Waals surface area contributed by atoms with Crippen molar-refractivity contribution in [2.45, 2.75) is 24.0 Å². The Labute approximate surface area is 157 Å². The molecule has 1 fully saturated rings. The van der Waals surface area contributed by atoms with Gasteiger partial charge < -0.3 is 10.1 Å². The van der Waals surface area contributed by atoms with Crippen LogP contribution in [-0.4, -0.2) is 38.8 Å². The highest BCUT2D eigenvalue weighted by Gasteiger charge is 2.34. The smallest absolute Gasteiger partial charge is 0.252 e. The number of benzene rings is 1. The van der Waals surface area contributed by atoms with Crippen LogP contribution in [0.3, 0.4) is 0 Å². The van der Waals surface area contributed by atoms with E-state index in [0.717, 1.165) is 4.88 Å². The first-order chi connectivity index (χ1) is 12.4. The number of sulfonamides is 1. The number of ether oxygens (including phenoxy) is 1. The van der Waals surface area contributed by atoms with Gasteiger partial charge in [0.25, 0.3) is 10.0 Å². The summed E-state index contributed by atoms with van der Waals surface area (Å²) >= 11 is 1.26. The van der Waals surface area contributed by atoms with Gasteiger partial charge in [0.1, 0.15) is 9.96 Å². The van der Waals surface area contributed by atoms with E-state index in [2.05, 4.69) is 5.32 Å². The van der Waals surface area contributed by atoms with Crippen LogP contribution in [0.15, 0.2) is 40.6 Å². The largest absolute Gasteiger partial charge is 0.497 e. The number of hydrogen-bond donors (Lipinski definition) is 1. The number of amides is 1. The van der Waals surface area contributed by atoms with Crippen molar-refractivity contribution in [3.05, 3.63) is 41.3 Å². The zero-order valence-corrected chi connectivity index (χ0v) is 16.4. The van der Waals surface area contributed by atoms with Crippen molar-refractivity contribution < 1.29 is 17.9 Å². The predicted molar refractivity (Wildman–Crippen MR) is 102 cm³/mol. The third-order valence-corrected chi connectivity index (χ3v) is 7.74. The van der Waals surface area contributed by atoms with Gasteiger partial charge in [0.05, 0.1) is 13.0 Å². The van der Waals surface area contributed by atoms with Crippen molar-refractivity contribution in [2.24, 2.45) is 5.92 Å². The molecule has 1 aromatic heterocycles. The van der Waals surface area contributed by atoms with Crippen molar-refractivity contribution in [3.8, 4) is 5.75 Å². The third-order valence-electron chi connectivity index (χ3n) is 4.40. The van der Waals surface area contributed by atoms with E-state index in [4.69, 9.17) is 4.74 Å². The topological polar surface area (TPSA) is 75.7 Å². The van der Waals surface area contributed by atoms with Crippen molar-refractivity contribution in [1.82, 2.24) is 4.31 Å². The summed E-state index contributed by atoms with van der Waals surface area (Å²) in [6.45, 7) is 2.53. The van der Waals surface area contributed by atoms with Gasteiger partial charge in [-0.15, -0.1) is 11.3 Å². The van der Waals surface area contributed by atoms with E-state index in [9.17, 15) is 13.2 Å². The average Bonchev–Trinajstić information content (AvgIpc) is 3.09. The predicted octanol–water partition coefficient (Wildman–Crippen LogP) is 3.10. The van der Waals surface area contributed by atoms with E-state index in [1.54, 1.807) is 43.5 Å². The minimum atomic E-state index is -3.54. The number of piperidine rings is 1. The highest BCUT2D eigenvalue weighted by atomic mass is 32.2. The molecule has 1 unspecified atom stereocenters. The number of carbonyl (C=O) groups excluding carboxylic acids is 1. The Morgan fingerprint density at radius 2 is 2.12 bits per heavy atom.